The van der Waals surface area contributed by atoms with E-state index in [2.05, 4.69) is 34.9 Å². The molecule has 6 aliphatic rings. The van der Waals surface area contributed by atoms with Crippen molar-refractivity contribution < 1.29 is 62.7 Å². The van der Waals surface area contributed by atoms with Crippen LogP contribution in [-0.2, 0) is 62.4 Å². The van der Waals surface area contributed by atoms with Crippen molar-refractivity contribution in [2.45, 2.75) is 185 Å². The van der Waals surface area contributed by atoms with E-state index in [1.807, 2.05) is 107 Å². The van der Waals surface area contributed by atoms with Gasteiger partial charge in [0.25, 0.3) is 11.8 Å². The number of nitrogens with one attached hydrogen (secondary N) is 2. The monoisotopic (exact) mass is 1210 g/mol. The van der Waals surface area contributed by atoms with E-state index in [0.717, 1.165) is 96.7 Å². The second-order valence-corrected chi connectivity index (χ2v) is 24.9. The maximum absolute atomic E-state index is 13.4. The minimum atomic E-state index is -0.923. The normalized spacial score (nSPS) is 16.9. The van der Waals surface area contributed by atoms with Gasteiger partial charge < -0.3 is 50.3 Å². The molecule has 0 saturated heterocycles. The zero-order chi connectivity index (χ0) is 63.3. The summed E-state index contributed by atoms with van der Waals surface area (Å²) in [6.07, 6.45) is 14.3. The lowest BCUT2D eigenvalue weighted by Crippen LogP contribution is -2.51. The Morgan fingerprint density at radius 3 is 1.07 bits per heavy atom. The lowest BCUT2D eigenvalue weighted by molar-refractivity contribution is -0.145. The van der Waals surface area contributed by atoms with Gasteiger partial charge in [-0.05, 0) is 199 Å². The number of rotatable bonds is 19. The van der Waals surface area contributed by atoms with Crippen LogP contribution in [0.3, 0.4) is 0 Å². The number of aliphatic carboxylic acids is 1. The van der Waals surface area contributed by atoms with E-state index in [4.69, 9.17) is 34.5 Å². The van der Waals surface area contributed by atoms with Crippen molar-refractivity contribution in [3.05, 3.63) is 194 Å². The Kier molecular flexibility index (Phi) is 21.3. The first-order valence-electron chi connectivity index (χ1n) is 31.5. The Morgan fingerprint density at radius 1 is 0.438 bits per heavy atom. The summed E-state index contributed by atoms with van der Waals surface area (Å²) in [5.74, 6) is -0.992. The van der Waals surface area contributed by atoms with Crippen LogP contribution in [0.25, 0.3) is 0 Å². The highest BCUT2D eigenvalue weighted by molar-refractivity contribution is 5.99. The Bertz CT molecular complexity index is 3450. The molecule has 6 N–H and O–H groups in total. The van der Waals surface area contributed by atoms with Crippen LogP contribution < -0.4 is 30.6 Å². The van der Waals surface area contributed by atoms with Crippen LogP contribution in [0.4, 0.5) is 0 Å². The molecule has 470 valence electrons. The predicted octanol–water partition coefficient (Wildman–Crippen LogP) is 11.9. The molecule has 89 heavy (non-hydrogen) atoms. The van der Waals surface area contributed by atoms with E-state index in [9.17, 15) is 33.9 Å². The number of esters is 2. The first-order chi connectivity index (χ1) is 42.8. The van der Waals surface area contributed by atoms with Crippen molar-refractivity contribution in [2.75, 3.05) is 13.2 Å². The Labute approximate surface area is 522 Å². The highest BCUT2D eigenvalue weighted by Crippen LogP contribution is 2.38. The van der Waals surface area contributed by atoms with Crippen LogP contribution in [0.1, 0.15) is 172 Å². The molecular weight excluding hydrogens is 1130 g/mol. The molecule has 0 bridgehead atoms. The maximum atomic E-state index is 13.4. The largest absolute Gasteiger partial charge is 0.489 e. The van der Waals surface area contributed by atoms with Crippen LogP contribution >= 0.6 is 0 Å². The minimum absolute atomic E-state index is 0.113. The Hall–Kier alpha value is -8.50. The van der Waals surface area contributed by atoms with Crippen LogP contribution in [0.2, 0.25) is 0 Å². The second-order valence-electron chi connectivity index (χ2n) is 24.9. The molecule has 6 aromatic carbocycles. The number of amides is 2. The molecule has 3 saturated carbocycles. The van der Waals surface area contributed by atoms with Gasteiger partial charge in [-0.3, -0.25) is 24.0 Å². The first-order valence-corrected chi connectivity index (χ1v) is 31.5. The molecule has 0 radical (unpaired) electrons. The number of aromatic carboxylic acids is 1. The zero-order valence-electron chi connectivity index (χ0n) is 52.0. The molecule has 16 heteroatoms. The van der Waals surface area contributed by atoms with Gasteiger partial charge in [0.15, 0.2) is 0 Å². The lowest BCUT2D eigenvalue weighted by atomic mass is 9.90. The number of ether oxygens (including phenoxy) is 5. The molecule has 16 nitrogen and oxygen atoms in total. The fraction of sp³-hybridized carbons (Fsp3) is 0.425. The topological polar surface area (TPSA) is 239 Å². The molecule has 6 aliphatic carbocycles. The summed E-state index contributed by atoms with van der Waals surface area (Å²) in [6, 6.07) is 40.6. The van der Waals surface area contributed by atoms with Gasteiger partial charge >= 0.3 is 23.9 Å². The van der Waals surface area contributed by atoms with Crippen molar-refractivity contribution in [2.24, 2.45) is 5.73 Å². The summed E-state index contributed by atoms with van der Waals surface area (Å²) < 4.78 is 28.1. The molecule has 0 unspecified atom stereocenters. The molecule has 2 amide bonds. The van der Waals surface area contributed by atoms with Crippen molar-refractivity contribution in [1.82, 2.24) is 10.6 Å². The third-order valence-electron chi connectivity index (χ3n) is 17.8. The molecule has 0 atom stereocenters. The first kappa shape index (κ1) is 65.0. The molecule has 0 spiro atoms. The third-order valence-corrected chi connectivity index (χ3v) is 17.8. The van der Waals surface area contributed by atoms with Gasteiger partial charge in [0, 0.05) is 5.54 Å². The van der Waals surface area contributed by atoms with Crippen molar-refractivity contribution in [3.63, 3.8) is 0 Å². The Balaban J connectivity index is 0.000000147. The summed E-state index contributed by atoms with van der Waals surface area (Å²) in [5.41, 5.74) is 15.4. The average Bonchev–Trinajstić information content (AvgIpc) is 1.97. The fourth-order valence-corrected chi connectivity index (χ4v) is 12.6. The fourth-order valence-electron chi connectivity index (χ4n) is 12.6. The number of fused-ring (bicyclic) bond motifs is 3. The second kappa shape index (κ2) is 29.2. The summed E-state index contributed by atoms with van der Waals surface area (Å²) in [5, 5.41) is 24.8. The van der Waals surface area contributed by atoms with Gasteiger partial charge in [0.1, 0.15) is 22.8 Å². The molecule has 12 rings (SSSR count). The minimum Gasteiger partial charge on any atom is -0.489 e. The van der Waals surface area contributed by atoms with Crippen LogP contribution in [-0.4, -0.2) is 94.0 Å². The molecule has 0 heterocycles. The van der Waals surface area contributed by atoms with E-state index in [0.29, 0.717) is 73.7 Å². The number of benzene rings is 6. The van der Waals surface area contributed by atoms with Crippen LogP contribution in [0, 0.1) is 20.8 Å². The summed E-state index contributed by atoms with van der Waals surface area (Å²) >= 11 is 0. The number of carboxylic acids is 2. The maximum Gasteiger partial charge on any atom is 0.339 e. The van der Waals surface area contributed by atoms with E-state index in [1.54, 1.807) is 31.2 Å². The number of aryl methyl sites for hydroxylation is 3. The summed E-state index contributed by atoms with van der Waals surface area (Å²) in [6.45, 7) is 10.1. The van der Waals surface area contributed by atoms with Crippen molar-refractivity contribution >= 4 is 35.7 Å². The third kappa shape index (κ3) is 16.6. The van der Waals surface area contributed by atoms with Crippen LogP contribution in [0.5, 0.6) is 17.2 Å². The number of nitrogens with two attached hydrogens (primary N) is 1. The molecule has 6 aromatic rings. The van der Waals surface area contributed by atoms with Gasteiger partial charge in [-0.2, -0.15) is 0 Å². The van der Waals surface area contributed by atoms with Gasteiger partial charge in [0.05, 0.1) is 73.0 Å². The van der Waals surface area contributed by atoms with Gasteiger partial charge in [0.2, 0.25) is 0 Å². The molecule has 3 fully saturated rings. The summed E-state index contributed by atoms with van der Waals surface area (Å²) in [7, 11) is 0. The van der Waals surface area contributed by atoms with Gasteiger partial charge in [-0.15, -0.1) is 0 Å². The number of carbonyl (C=O) groups excluding carboxylic acids is 4. The molecular formula is C73H85N3O13. The Morgan fingerprint density at radius 2 is 0.753 bits per heavy atom. The van der Waals surface area contributed by atoms with E-state index in [1.165, 1.54) is 24.0 Å². The van der Waals surface area contributed by atoms with Gasteiger partial charge in [-0.1, -0.05) is 109 Å². The van der Waals surface area contributed by atoms with Gasteiger partial charge in [-0.25, -0.2) is 4.79 Å². The number of para-hydroxylation sites is 3. The highest BCUT2D eigenvalue weighted by atomic mass is 16.5. The number of hydrogen-bond donors (Lipinski definition) is 5. The highest BCUT2D eigenvalue weighted by Gasteiger charge is 2.43. The van der Waals surface area contributed by atoms with Crippen molar-refractivity contribution in [3.8, 4) is 17.2 Å². The lowest BCUT2D eigenvalue weighted by Gasteiger charge is -2.31. The summed E-state index contributed by atoms with van der Waals surface area (Å²) in [4.78, 5) is 73.0. The number of hydrogen-bond acceptors (Lipinski definition) is 12. The van der Waals surface area contributed by atoms with E-state index < -0.39 is 28.6 Å². The number of carbonyl (C=O) groups is 6. The zero-order valence-corrected chi connectivity index (χ0v) is 52.0. The van der Waals surface area contributed by atoms with E-state index in [-0.39, 0.29) is 60.5 Å². The quantitative estimate of drug-likeness (QED) is 0.0474. The molecule has 0 aromatic heterocycles. The SMILES string of the molecule is CCOC(=O)CC1(N)Cc2ccccc2C1.CCOC(=O)CC1(NC(=O)c2cccc(C)c2OC2CCC2)Cc2ccccc2C1.Cc1cccc(C(=O)NC2(CC(=O)O)Cc3ccccc3C2)c1OC1CCC1.Cc1cccc(C(=O)O)c1OC1CCC1. The average molecular weight is 1210 g/mol. The predicted molar refractivity (Wildman–Crippen MR) is 339 cm³/mol. The van der Waals surface area contributed by atoms with Crippen LogP contribution in [0.15, 0.2) is 127 Å². The standard InChI is InChI=1S/C25H29NO4.C23H25NO4.C13H17NO2.C12H14O3/c1-3-29-22(27)16-25(14-18-9-4-5-10-19(18)15-25)26-24(28)21-13-6-8-17(2)23(21)30-20-11-7-12-20;1-15-6-4-11-19(21(15)28-18-9-5-10-18)22(27)24-23(14-20(25)26)12-16-7-2-3-8-17(16)13-23;1-2-16-12(15)9-13(14)7-10-5-3-4-6-11(10)8-13;1-8-4-2-7-10(12(13)14)11(8)15-9-5-3-6-9/h4-6,8-10,13,20H,3,7,11-12,14-16H2,1-2H3,(H,26,28);2-4,6-8,11,18H,5,9-10,12-14H2,1H3,(H,24,27)(H,25,26);3-6H,2,7-9,14H2,1H3;2,4,7,9H,3,5-6H2,1H3,(H,13,14). The van der Waals surface area contributed by atoms with E-state index >= 15 is 0 Å². The smallest absolute Gasteiger partial charge is 0.339 e. The molecule has 0 aliphatic heterocycles. The van der Waals surface area contributed by atoms with Crippen molar-refractivity contribution in [1.29, 1.82) is 0 Å². The number of carboxylic acid groups (broad SMARTS) is 2.